The predicted molar refractivity (Wildman–Crippen MR) is 131 cm³/mol. The number of fused-ring (bicyclic) bond motifs is 1. The fourth-order valence-corrected chi connectivity index (χ4v) is 3.44. The molecule has 0 saturated heterocycles. The molecule has 0 bridgehead atoms. The summed E-state index contributed by atoms with van der Waals surface area (Å²) in [7, 11) is 3.62. The first-order valence-corrected chi connectivity index (χ1v) is 11.2. The molecule has 182 valence electrons. The third-order valence-electron chi connectivity index (χ3n) is 5.42. The van der Waals surface area contributed by atoms with Crippen molar-refractivity contribution in [1.29, 1.82) is 0 Å². The third kappa shape index (κ3) is 7.49. The standard InChI is InChI=1S/C24H37N5O4/c1-24(2,3)20-10-9-16-14-17(33-5)15-19(21(16)28-20)29(4)13-7-12-26-23(32)27-18(22(30)31)8-6-11-25/h9-10,14-15,18H,6-8,11-13,25H2,1-5H3,(H,30,31)(H2,26,27,32)/t18-/m1/s1. The number of benzene rings is 1. The van der Waals surface area contributed by atoms with Crippen LogP contribution in [0.2, 0.25) is 0 Å². The van der Waals surface area contributed by atoms with Crippen molar-refractivity contribution in [3.63, 3.8) is 0 Å². The summed E-state index contributed by atoms with van der Waals surface area (Å²) in [4.78, 5) is 30.3. The fourth-order valence-electron chi connectivity index (χ4n) is 3.44. The second-order valence-electron chi connectivity index (χ2n) is 9.16. The molecule has 5 N–H and O–H groups in total. The highest BCUT2D eigenvalue weighted by molar-refractivity contribution is 5.92. The molecule has 0 aliphatic rings. The fraction of sp³-hybridized carbons (Fsp3) is 0.542. The number of hydrogen-bond acceptors (Lipinski definition) is 6. The highest BCUT2D eigenvalue weighted by atomic mass is 16.5. The Bertz CT molecular complexity index is 958. The zero-order valence-electron chi connectivity index (χ0n) is 20.3. The molecule has 0 spiro atoms. The zero-order chi connectivity index (χ0) is 24.6. The first-order valence-electron chi connectivity index (χ1n) is 11.2. The Kier molecular flexibility index (Phi) is 9.28. The van der Waals surface area contributed by atoms with Crippen LogP contribution < -0.4 is 26.0 Å². The number of rotatable bonds is 11. The van der Waals surface area contributed by atoms with E-state index in [1.807, 2.05) is 25.2 Å². The Morgan fingerprint density at radius 1 is 1.24 bits per heavy atom. The monoisotopic (exact) mass is 459 g/mol. The highest BCUT2D eigenvalue weighted by Gasteiger charge is 2.20. The van der Waals surface area contributed by atoms with Gasteiger partial charge >= 0.3 is 12.0 Å². The van der Waals surface area contributed by atoms with Crippen molar-refractivity contribution >= 4 is 28.6 Å². The predicted octanol–water partition coefficient (Wildman–Crippen LogP) is 2.86. The van der Waals surface area contributed by atoms with E-state index < -0.39 is 18.0 Å². The van der Waals surface area contributed by atoms with E-state index in [1.54, 1.807) is 7.11 Å². The van der Waals surface area contributed by atoms with E-state index in [9.17, 15) is 14.7 Å². The van der Waals surface area contributed by atoms with Crippen LogP contribution in [-0.4, -0.2) is 61.9 Å². The van der Waals surface area contributed by atoms with Gasteiger partial charge in [0.05, 0.1) is 18.3 Å². The molecular formula is C24H37N5O4. The molecule has 2 rings (SSSR count). The molecule has 1 atom stereocenters. The third-order valence-corrected chi connectivity index (χ3v) is 5.42. The van der Waals surface area contributed by atoms with E-state index in [1.165, 1.54) is 0 Å². The normalized spacial score (nSPS) is 12.3. The number of nitrogens with two attached hydrogens (primary N) is 1. The van der Waals surface area contributed by atoms with Gasteiger partial charge in [0.2, 0.25) is 0 Å². The van der Waals surface area contributed by atoms with E-state index in [-0.39, 0.29) is 5.41 Å². The number of pyridine rings is 1. The van der Waals surface area contributed by atoms with Crippen LogP contribution in [0.5, 0.6) is 5.75 Å². The van der Waals surface area contributed by atoms with Gasteiger partial charge in [0, 0.05) is 42.7 Å². The minimum Gasteiger partial charge on any atom is -0.497 e. The smallest absolute Gasteiger partial charge is 0.326 e. The van der Waals surface area contributed by atoms with Gasteiger partial charge in [-0.15, -0.1) is 0 Å². The number of nitrogens with one attached hydrogen (secondary N) is 2. The summed E-state index contributed by atoms with van der Waals surface area (Å²) in [5, 5.41) is 15.4. The molecule has 9 nitrogen and oxygen atoms in total. The summed E-state index contributed by atoms with van der Waals surface area (Å²) in [5.74, 6) is -0.310. The lowest BCUT2D eigenvalue weighted by Gasteiger charge is -2.24. The van der Waals surface area contributed by atoms with E-state index in [2.05, 4.69) is 42.4 Å². The quantitative estimate of drug-likeness (QED) is 0.380. The molecule has 9 heteroatoms. The summed E-state index contributed by atoms with van der Waals surface area (Å²) >= 11 is 0. The number of carbonyl (C=O) groups is 2. The van der Waals surface area contributed by atoms with E-state index in [0.29, 0.717) is 38.9 Å². The number of nitrogens with zero attached hydrogens (tertiary/aromatic N) is 2. The van der Waals surface area contributed by atoms with Gasteiger partial charge in [-0.1, -0.05) is 26.8 Å². The lowest BCUT2D eigenvalue weighted by Crippen LogP contribution is -2.46. The van der Waals surface area contributed by atoms with Crippen molar-refractivity contribution in [2.24, 2.45) is 5.73 Å². The van der Waals surface area contributed by atoms with E-state index in [0.717, 1.165) is 28.0 Å². The second kappa shape index (κ2) is 11.7. The average molecular weight is 460 g/mol. The van der Waals surface area contributed by atoms with Crippen LogP contribution in [0.1, 0.15) is 45.7 Å². The molecule has 0 aliphatic carbocycles. The van der Waals surface area contributed by atoms with Crippen LogP contribution in [0, 0.1) is 0 Å². The Balaban J connectivity index is 2.03. The number of carboxylic acid groups (broad SMARTS) is 1. The van der Waals surface area contributed by atoms with Gasteiger partial charge in [-0.25, -0.2) is 9.59 Å². The van der Waals surface area contributed by atoms with Gasteiger partial charge in [-0.2, -0.15) is 0 Å². The topological polar surface area (TPSA) is 130 Å². The van der Waals surface area contributed by atoms with Gasteiger partial charge in [-0.05, 0) is 37.9 Å². The van der Waals surface area contributed by atoms with Crippen molar-refractivity contribution in [3.8, 4) is 5.75 Å². The lowest BCUT2D eigenvalue weighted by atomic mass is 9.91. The number of carbonyl (C=O) groups excluding carboxylic acids is 1. The minimum atomic E-state index is -1.06. The molecule has 0 fully saturated rings. The second-order valence-corrected chi connectivity index (χ2v) is 9.16. The molecule has 1 heterocycles. The van der Waals surface area contributed by atoms with Crippen molar-refractivity contribution in [1.82, 2.24) is 15.6 Å². The number of aliphatic carboxylic acids is 1. The van der Waals surface area contributed by atoms with E-state index in [4.69, 9.17) is 15.5 Å². The SMILES string of the molecule is COc1cc(N(C)CCCNC(=O)N[C@H](CCCN)C(=O)O)c2nc(C(C)(C)C)ccc2c1. The van der Waals surface area contributed by atoms with Gasteiger partial charge in [0.25, 0.3) is 0 Å². The summed E-state index contributed by atoms with van der Waals surface area (Å²) in [6.45, 7) is 7.85. The summed E-state index contributed by atoms with van der Waals surface area (Å²) in [6.07, 6.45) is 1.50. The van der Waals surface area contributed by atoms with Crippen LogP contribution in [-0.2, 0) is 10.2 Å². The Morgan fingerprint density at radius 2 is 1.97 bits per heavy atom. The number of urea groups is 1. The summed E-state index contributed by atoms with van der Waals surface area (Å²) in [6, 6.07) is 6.62. The maximum absolute atomic E-state index is 12.1. The number of amides is 2. The van der Waals surface area contributed by atoms with E-state index >= 15 is 0 Å². The summed E-state index contributed by atoms with van der Waals surface area (Å²) < 4.78 is 5.48. The molecule has 1 aromatic carbocycles. The highest BCUT2D eigenvalue weighted by Crippen LogP contribution is 2.32. The molecule has 2 aromatic rings. The largest absolute Gasteiger partial charge is 0.497 e. The summed E-state index contributed by atoms with van der Waals surface area (Å²) in [5.41, 5.74) is 8.22. The van der Waals surface area contributed by atoms with Crippen molar-refractivity contribution in [2.75, 3.05) is 38.7 Å². The van der Waals surface area contributed by atoms with Crippen LogP contribution >= 0.6 is 0 Å². The average Bonchev–Trinajstić information content (AvgIpc) is 2.77. The number of ether oxygens (including phenoxy) is 1. The van der Waals surface area contributed by atoms with Gasteiger partial charge in [0.15, 0.2) is 0 Å². The van der Waals surface area contributed by atoms with Gasteiger partial charge < -0.3 is 31.1 Å². The Hall–Kier alpha value is -3.07. The lowest BCUT2D eigenvalue weighted by molar-refractivity contribution is -0.139. The molecule has 0 unspecified atom stereocenters. The number of methoxy groups -OCH3 is 1. The molecule has 0 saturated carbocycles. The molecule has 0 aliphatic heterocycles. The number of hydrogen-bond donors (Lipinski definition) is 4. The number of carboxylic acids is 1. The number of aromatic nitrogens is 1. The van der Waals surface area contributed by atoms with Crippen molar-refractivity contribution < 1.29 is 19.4 Å². The minimum absolute atomic E-state index is 0.0702. The van der Waals surface area contributed by atoms with Crippen molar-refractivity contribution in [3.05, 3.63) is 30.0 Å². The maximum atomic E-state index is 12.1. The van der Waals surface area contributed by atoms with Crippen LogP contribution in [0.15, 0.2) is 24.3 Å². The van der Waals surface area contributed by atoms with Crippen LogP contribution in [0.4, 0.5) is 10.5 Å². The molecular weight excluding hydrogens is 422 g/mol. The molecule has 2 amide bonds. The number of anilines is 1. The first kappa shape index (κ1) is 26.2. The van der Waals surface area contributed by atoms with Gasteiger partial charge in [0.1, 0.15) is 11.8 Å². The molecule has 1 aromatic heterocycles. The molecule has 33 heavy (non-hydrogen) atoms. The Morgan fingerprint density at radius 3 is 2.58 bits per heavy atom. The van der Waals surface area contributed by atoms with Crippen LogP contribution in [0.3, 0.4) is 0 Å². The van der Waals surface area contributed by atoms with Crippen LogP contribution in [0.25, 0.3) is 10.9 Å². The van der Waals surface area contributed by atoms with Crippen molar-refractivity contribution in [2.45, 2.75) is 51.5 Å². The maximum Gasteiger partial charge on any atom is 0.326 e. The zero-order valence-corrected chi connectivity index (χ0v) is 20.3. The molecule has 0 radical (unpaired) electrons. The Labute approximate surface area is 195 Å². The van der Waals surface area contributed by atoms with Gasteiger partial charge in [-0.3, -0.25) is 4.98 Å². The first-order chi connectivity index (χ1) is 15.6.